The topological polar surface area (TPSA) is 114 Å². The smallest absolute Gasteiger partial charge is 0.330 e. The number of halogens is 2. The van der Waals surface area contributed by atoms with Gasteiger partial charge in [0.15, 0.2) is 6.23 Å². The standard InChI is InChI=1S/C18H18BrClN2O6/c19-6-5-11-7-22(18(26)21-16(11)25)17-15(24)14(23)13(28-17)9-27-8-10-1-3-12(20)4-2-10/h1-7,13-15,17,23-24H,8-9H2,(H,21,25,26)/t13-,14-,15+,17-/m1/s1. The third-order valence-corrected chi connectivity index (χ3v) is 4.83. The van der Waals surface area contributed by atoms with Gasteiger partial charge in [-0.05, 0) is 28.8 Å². The molecule has 1 aliphatic rings. The van der Waals surface area contributed by atoms with Gasteiger partial charge in [0.25, 0.3) is 5.56 Å². The largest absolute Gasteiger partial charge is 0.387 e. The molecule has 1 aromatic heterocycles. The highest BCUT2D eigenvalue weighted by Gasteiger charge is 2.44. The zero-order valence-electron chi connectivity index (χ0n) is 14.5. The summed E-state index contributed by atoms with van der Waals surface area (Å²) in [5, 5.41) is 21.2. The maximum atomic E-state index is 12.1. The average Bonchev–Trinajstić information content (AvgIpc) is 2.94. The summed E-state index contributed by atoms with van der Waals surface area (Å²) in [6.45, 7) is 0.271. The molecule has 1 fully saturated rings. The van der Waals surface area contributed by atoms with Crippen LogP contribution in [0.1, 0.15) is 17.4 Å². The van der Waals surface area contributed by atoms with E-state index in [0.717, 1.165) is 10.1 Å². The highest BCUT2D eigenvalue weighted by molar-refractivity contribution is 9.11. The number of benzene rings is 1. The molecule has 1 aliphatic heterocycles. The van der Waals surface area contributed by atoms with E-state index in [2.05, 4.69) is 20.9 Å². The Morgan fingerprint density at radius 2 is 1.96 bits per heavy atom. The first-order valence-electron chi connectivity index (χ1n) is 8.36. The Morgan fingerprint density at radius 3 is 2.64 bits per heavy atom. The molecule has 3 N–H and O–H groups in total. The Morgan fingerprint density at radius 1 is 1.25 bits per heavy atom. The lowest BCUT2D eigenvalue weighted by Crippen LogP contribution is -2.38. The second-order valence-electron chi connectivity index (χ2n) is 6.23. The minimum atomic E-state index is -1.37. The van der Waals surface area contributed by atoms with E-state index in [4.69, 9.17) is 21.1 Å². The molecule has 28 heavy (non-hydrogen) atoms. The van der Waals surface area contributed by atoms with E-state index in [9.17, 15) is 19.8 Å². The Bertz CT molecular complexity index is 958. The molecule has 3 rings (SSSR count). The average molecular weight is 474 g/mol. The minimum Gasteiger partial charge on any atom is -0.387 e. The van der Waals surface area contributed by atoms with Crippen LogP contribution in [-0.4, -0.2) is 44.7 Å². The van der Waals surface area contributed by atoms with Crippen LogP contribution in [0, 0.1) is 0 Å². The molecule has 8 nitrogen and oxygen atoms in total. The van der Waals surface area contributed by atoms with Gasteiger partial charge in [0.1, 0.15) is 18.3 Å². The SMILES string of the molecule is O=c1[nH]c(=O)n([C@@H]2O[C@H](COCc3ccc(Cl)cc3)[C@@H](O)[C@@H]2O)cc1C=CBr. The van der Waals surface area contributed by atoms with Crippen molar-refractivity contribution >= 4 is 33.6 Å². The van der Waals surface area contributed by atoms with Crippen LogP contribution < -0.4 is 11.2 Å². The van der Waals surface area contributed by atoms with Crippen molar-refractivity contribution in [2.45, 2.75) is 31.1 Å². The highest BCUT2D eigenvalue weighted by Crippen LogP contribution is 2.28. The van der Waals surface area contributed by atoms with Crippen molar-refractivity contribution in [2.75, 3.05) is 6.61 Å². The zero-order chi connectivity index (χ0) is 20.3. The molecule has 2 aromatic rings. The Kier molecular flexibility index (Phi) is 6.86. The number of H-pyrrole nitrogens is 1. The van der Waals surface area contributed by atoms with Crippen molar-refractivity contribution in [3.63, 3.8) is 0 Å². The number of aliphatic hydroxyl groups excluding tert-OH is 2. The van der Waals surface area contributed by atoms with E-state index in [0.29, 0.717) is 5.02 Å². The monoisotopic (exact) mass is 472 g/mol. The molecule has 4 atom stereocenters. The third-order valence-electron chi connectivity index (χ3n) is 4.31. The summed E-state index contributed by atoms with van der Waals surface area (Å²) in [6.07, 6.45) is -1.93. The van der Waals surface area contributed by atoms with E-state index in [1.54, 1.807) is 12.1 Å². The van der Waals surface area contributed by atoms with Gasteiger partial charge >= 0.3 is 5.69 Å². The van der Waals surface area contributed by atoms with Crippen molar-refractivity contribution < 1.29 is 19.7 Å². The van der Waals surface area contributed by atoms with Crippen LogP contribution in [0.4, 0.5) is 0 Å². The molecule has 0 bridgehead atoms. The highest BCUT2D eigenvalue weighted by atomic mass is 79.9. The van der Waals surface area contributed by atoms with E-state index >= 15 is 0 Å². The van der Waals surface area contributed by atoms with Crippen LogP contribution >= 0.6 is 27.5 Å². The van der Waals surface area contributed by atoms with E-state index in [-0.39, 0.29) is 18.8 Å². The van der Waals surface area contributed by atoms with E-state index in [1.807, 2.05) is 12.1 Å². The van der Waals surface area contributed by atoms with Gasteiger partial charge in [0.2, 0.25) is 0 Å². The fourth-order valence-electron chi connectivity index (χ4n) is 2.85. The molecule has 1 saturated heterocycles. The molecule has 0 unspecified atom stereocenters. The van der Waals surface area contributed by atoms with Crippen molar-refractivity contribution in [1.29, 1.82) is 0 Å². The number of aromatic amines is 1. The number of nitrogens with one attached hydrogen (secondary N) is 1. The summed E-state index contributed by atoms with van der Waals surface area (Å²) in [6, 6.07) is 7.10. The zero-order valence-corrected chi connectivity index (χ0v) is 16.8. The maximum Gasteiger partial charge on any atom is 0.330 e. The normalized spacial score (nSPS) is 24.9. The van der Waals surface area contributed by atoms with Gasteiger partial charge in [-0.3, -0.25) is 14.3 Å². The fraction of sp³-hybridized carbons (Fsp3) is 0.333. The van der Waals surface area contributed by atoms with Crippen LogP contribution in [0.5, 0.6) is 0 Å². The number of rotatable bonds is 6. The Labute approximate surface area is 173 Å². The van der Waals surface area contributed by atoms with Gasteiger partial charge in [0.05, 0.1) is 18.8 Å². The lowest BCUT2D eigenvalue weighted by molar-refractivity contribution is -0.0711. The lowest BCUT2D eigenvalue weighted by atomic mass is 10.1. The maximum absolute atomic E-state index is 12.1. The van der Waals surface area contributed by atoms with Crippen LogP contribution in [0.3, 0.4) is 0 Å². The number of hydrogen-bond donors (Lipinski definition) is 3. The van der Waals surface area contributed by atoms with Crippen molar-refractivity contribution in [3.05, 3.63) is 72.4 Å². The number of aromatic nitrogens is 2. The molecule has 0 aliphatic carbocycles. The molecular weight excluding hydrogens is 456 g/mol. The van der Waals surface area contributed by atoms with E-state index < -0.39 is 35.8 Å². The summed E-state index contributed by atoms with van der Waals surface area (Å²) in [4.78, 5) is 27.5. The van der Waals surface area contributed by atoms with Crippen LogP contribution in [0.15, 0.2) is 45.0 Å². The van der Waals surface area contributed by atoms with Gasteiger partial charge < -0.3 is 19.7 Å². The quantitative estimate of drug-likeness (QED) is 0.584. The number of hydrogen-bond acceptors (Lipinski definition) is 6. The second kappa shape index (κ2) is 9.17. The Hall–Kier alpha value is -1.75. The van der Waals surface area contributed by atoms with Crippen LogP contribution in [0.25, 0.3) is 6.08 Å². The molecule has 0 saturated carbocycles. The predicted octanol–water partition coefficient (Wildman–Crippen LogP) is 1.39. The van der Waals surface area contributed by atoms with E-state index in [1.165, 1.54) is 17.3 Å². The number of aliphatic hydroxyl groups is 2. The Balaban J connectivity index is 1.70. The van der Waals surface area contributed by atoms with Gasteiger partial charge in [0, 0.05) is 11.2 Å². The van der Waals surface area contributed by atoms with Crippen molar-refractivity contribution in [3.8, 4) is 0 Å². The predicted molar refractivity (Wildman–Crippen MR) is 106 cm³/mol. The first-order valence-corrected chi connectivity index (χ1v) is 9.66. The molecule has 0 amide bonds. The molecule has 0 spiro atoms. The van der Waals surface area contributed by atoms with Gasteiger partial charge in [-0.1, -0.05) is 39.7 Å². The molecule has 1 aromatic carbocycles. The summed E-state index contributed by atoms with van der Waals surface area (Å²) in [5.41, 5.74) is -0.259. The summed E-state index contributed by atoms with van der Waals surface area (Å²) >= 11 is 8.90. The summed E-state index contributed by atoms with van der Waals surface area (Å²) in [7, 11) is 0. The van der Waals surface area contributed by atoms with Crippen molar-refractivity contribution in [1.82, 2.24) is 9.55 Å². The molecule has 2 heterocycles. The van der Waals surface area contributed by atoms with Crippen molar-refractivity contribution in [2.24, 2.45) is 0 Å². The second-order valence-corrected chi connectivity index (χ2v) is 7.20. The summed E-state index contributed by atoms with van der Waals surface area (Å²) in [5.74, 6) is 0. The summed E-state index contributed by atoms with van der Waals surface area (Å²) < 4.78 is 12.2. The van der Waals surface area contributed by atoms with Gasteiger partial charge in [-0.15, -0.1) is 0 Å². The number of nitrogens with zero attached hydrogens (tertiary/aromatic N) is 1. The number of ether oxygens (including phenoxy) is 2. The first-order chi connectivity index (χ1) is 13.4. The molecule has 10 heteroatoms. The molecular formula is C18H18BrClN2O6. The minimum absolute atomic E-state index is 0.00359. The lowest BCUT2D eigenvalue weighted by Gasteiger charge is -2.17. The molecule has 0 radical (unpaired) electrons. The third kappa shape index (κ3) is 4.62. The van der Waals surface area contributed by atoms with Gasteiger partial charge in [-0.25, -0.2) is 4.79 Å². The first kappa shape index (κ1) is 21.0. The van der Waals surface area contributed by atoms with Crippen LogP contribution in [-0.2, 0) is 16.1 Å². The van der Waals surface area contributed by atoms with Crippen LogP contribution in [0.2, 0.25) is 5.02 Å². The molecule has 150 valence electrons. The van der Waals surface area contributed by atoms with Gasteiger partial charge in [-0.2, -0.15) is 0 Å². The fourth-order valence-corrected chi connectivity index (χ4v) is 3.26.